The maximum absolute atomic E-state index is 6.06. The van der Waals surface area contributed by atoms with E-state index in [9.17, 15) is 0 Å². The van der Waals surface area contributed by atoms with Crippen molar-refractivity contribution < 1.29 is 40.5 Å². The van der Waals surface area contributed by atoms with Gasteiger partial charge < -0.3 is 15.5 Å². The summed E-state index contributed by atoms with van der Waals surface area (Å²) in [6, 6.07) is 44.3. The molecule has 194 valence electrons. The van der Waals surface area contributed by atoms with E-state index in [4.69, 9.17) is 14.5 Å². The number of hydrogen-bond acceptors (Lipinski definition) is 3. The van der Waals surface area contributed by atoms with Crippen molar-refractivity contribution in [2.45, 2.75) is 11.6 Å². The normalized spacial score (nSPS) is 12.1. The van der Waals surface area contributed by atoms with E-state index in [0.717, 1.165) is 44.5 Å². The van der Waals surface area contributed by atoms with Crippen LogP contribution >= 0.6 is 0 Å². The van der Waals surface area contributed by atoms with Crippen molar-refractivity contribution in [2.75, 3.05) is 14.2 Å². The molecule has 0 aliphatic rings. The molecule has 0 spiro atoms. The van der Waals surface area contributed by atoms with Gasteiger partial charge >= 0.3 is 29.6 Å². The third-order valence-corrected chi connectivity index (χ3v) is 7.44. The molecule has 5 aromatic carbocycles. The fraction of sp³-hybridized carbons (Fsp3) is 0.114. The molecule has 5 heteroatoms. The number of aromatic nitrogens is 2. The van der Waals surface area contributed by atoms with Gasteiger partial charge in [-0.25, -0.2) is 4.98 Å². The predicted molar refractivity (Wildman–Crippen MR) is 157 cm³/mol. The van der Waals surface area contributed by atoms with Crippen LogP contribution in [0.3, 0.4) is 0 Å². The van der Waals surface area contributed by atoms with E-state index in [2.05, 4.69) is 126 Å². The van der Waals surface area contributed by atoms with Crippen molar-refractivity contribution in [2.24, 2.45) is 0 Å². The topological polar surface area (TPSA) is 36.3 Å². The Morgan fingerprint density at radius 2 is 1.20 bits per heavy atom. The van der Waals surface area contributed by atoms with E-state index >= 15 is 0 Å². The SMILES string of the molecule is COc1ccc2cc(C(OC)c3cn(C(c4ccccc4)(c4ccccc4)c4ccccc4)cn3)ccc2c1.[H-].[Na+]. The van der Waals surface area contributed by atoms with Crippen LogP contribution in [0.1, 0.15) is 35.5 Å². The Hall–Kier alpha value is -3.67. The number of methoxy groups -OCH3 is 2. The third kappa shape index (κ3) is 5.00. The first kappa shape index (κ1) is 27.9. The van der Waals surface area contributed by atoms with Gasteiger partial charge in [0, 0.05) is 13.3 Å². The molecule has 1 aromatic heterocycles. The molecule has 0 fully saturated rings. The molecule has 0 aliphatic heterocycles. The third-order valence-electron chi connectivity index (χ3n) is 7.44. The minimum absolute atomic E-state index is 0. The minimum Gasteiger partial charge on any atom is -1.00 e. The molecule has 4 nitrogen and oxygen atoms in total. The smallest absolute Gasteiger partial charge is 1.00 e. The van der Waals surface area contributed by atoms with Gasteiger partial charge in [0.05, 0.1) is 19.1 Å². The summed E-state index contributed by atoms with van der Waals surface area (Å²) in [5.74, 6) is 0.844. The summed E-state index contributed by atoms with van der Waals surface area (Å²) < 4.78 is 13.7. The van der Waals surface area contributed by atoms with Crippen LogP contribution in [0, 0.1) is 0 Å². The molecule has 0 saturated heterocycles. The average molecular weight is 535 g/mol. The second-order valence-corrected chi connectivity index (χ2v) is 9.60. The molecule has 0 N–H and O–H groups in total. The van der Waals surface area contributed by atoms with Gasteiger partial charge in [-0.1, -0.05) is 109 Å². The van der Waals surface area contributed by atoms with E-state index in [0.29, 0.717) is 0 Å². The van der Waals surface area contributed by atoms with Crippen LogP contribution in [0.2, 0.25) is 0 Å². The van der Waals surface area contributed by atoms with Gasteiger partial charge in [0.25, 0.3) is 0 Å². The molecular weight excluding hydrogens is 503 g/mol. The molecular formula is C35H31N2NaO2. The van der Waals surface area contributed by atoms with Crippen LogP contribution in [0.25, 0.3) is 10.8 Å². The molecule has 0 amide bonds. The summed E-state index contributed by atoms with van der Waals surface area (Å²) in [5.41, 5.74) is 4.73. The number of imidazole rings is 1. The second kappa shape index (κ2) is 12.2. The van der Waals surface area contributed by atoms with Crippen LogP contribution in [0.5, 0.6) is 5.75 Å². The largest absolute Gasteiger partial charge is 1.00 e. The first-order valence-corrected chi connectivity index (χ1v) is 13.1. The molecule has 1 atom stereocenters. The number of rotatable bonds is 8. The van der Waals surface area contributed by atoms with Crippen molar-refractivity contribution in [1.29, 1.82) is 0 Å². The van der Waals surface area contributed by atoms with E-state index < -0.39 is 5.54 Å². The standard InChI is InChI=1S/C35H30N2O2.Na.H/c1-38-32-21-20-26-22-28(19-18-27(26)23-32)34(39-2)33-24-37(25-36-33)35(29-12-6-3-7-13-29,30-14-8-4-9-15-30)31-16-10-5-11-17-31;;/h3-25,34H,1-2H3;;/q;+1;-1. The Kier molecular flexibility index (Phi) is 8.53. The number of nitrogens with zero attached hydrogens (tertiary/aromatic N) is 2. The maximum Gasteiger partial charge on any atom is 1.00 e. The molecule has 0 aliphatic carbocycles. The van der Waals surface area contributed by atoms with Gasteiger partial charge in [-0.3, -0.25) is 0 Å². The molecule has 1 unspecified atom stereocenters. The second-order valence-electron chi connectivity index (χ2n) is 9.60. The van der Waals surface area contributed by atoms with Crippen molar-refractivity contribution >= 4 is 10.8 Å². The Bertz CT molecular complexity index is 1600. The average Bonchev–Trinajstić information content (AvgIpc) is 3.49. The Labute approximate surface area is 259 Å². The summed E-state index contributed by atoms with van der Waals surface area (Å²) >= 11 is 0. The van der Waals surface area contributed by atoms with E-state index in [1.165, 1.54) is 0 Å². The molecule has 0 saturated carbocycles. The van der Waals surface area contributed by atoms with Crippen LogP contribution in [-0.4, -0.2) is 23.8 Å². The molecule has 1 heterocycles. The van der Waals surface area contributed by atoms with Crippen molar-refractivity contribution in [1.82, 2.24) is 9.55 Å². The Morgan fingerprint density at radius 1 is 0.675 bits per heavy atom. The fourth-order valence-electron chi connectivity index (χ4n) is 5.60. The first-order chi connectivity index (χ1) is 19.2. The summed E-state index contributed by atoms with van der Waals surface area (Å²) in [5, 5.41) is 2.25. The first-order valence-electron chi connectivity index (χ1n) is 13.1. The Balaban J connectivity index is 0.00000194. The summed E-state index contributed by atoms with van der Waals surface area (Å²) in [6.07, 6.45) is 3.73. The van der Waals surface area contributed by atoms with Gasteiger partial charge in [-0.15, -0.1) is 0 Å². The number of fused-ring (bicyclic) bond motifs is 1. The van der Waals surface area contributed by atoms with Gasteiger partial charge in [0.1, 0.15) is 17.4 Å². The van der Waals surface area contributed by atoms with E-state index in [-0.39, 0.29) is 37.1 Å². The quantitative estimate of drug-likeness (QED) is 0.209. The minimum atomic E-state index is -0.618. The molecule has 6 aromatic rings. The molecule has 6 rings (SSSR count). The van der Waals surface area contributed by atoms with Crippen molar-refractivity contribution in [3.05, 3.63) is 168 Å². The zero-order valence-electron chi connectivity index (χ0n) is 24.1. The van der Waals surface area contributed by atoms with Gasteiger partial charge in [0.2, 0.25) is 0 Å². The summed E-state index contributed by atoms with van der Waals surface area (Å²) in [4.78, 5) is 4.93. The fourth-order valence-corrected chi connectivity index (χ4v) is 5.60. The van der Waals surface area contributed by atoms with Crippen LogP contribution in [0.15, 0.2) is 140 Å². The number of hydrogen-bond donors (Lipinski definition) is 0. The zero-order valence-corrected chi connectivity index (χ0v) is 25.1. The summed E-state index contributed by atoms with van der Waals surface area (Å²) in [7, 11) is 3.42. The Morgan fingerprint density at radius 3 is 1.73 bits per heavy atom. The monoisotopic (exact) mass is 534 g/mol. The van der Waals surface area contributed by atoms with Gasteiger partial charge in [-0.05, 0) is 51.2 Å². The molecule has 0 bridgehead atoms. The van der Waals surface area contributed by atoms with Crippen LogP contribution in [-0.2, 0) is 10.3 Å². The van der Waals surface area contributed by atoms with E-state index in [1.807, 2.05) is 18.5 Å². The molecule has 40 heavy (non-hydrogen) atoms. The van der Waals surface area contributed by atoms with Crippen LogP contribution in [0.4, 0.5) is 0 Å². The number of ether oxygens (including phenoxy) is 2. The van der Waals surface area contributed by atoms with Crippen molar-refractivity contribution in [3.63, 3.8) is 0 Å². The summed E-state index contributed by atoms with van der Waals surface area (Å²) in [6.45, 7) is 0. The predicted octanol–water partition coefficient (Wildman–Crippen LogP) is 4.74. The zero-order chi connectivity index (χ0) is 26.7. The molecule has 0 radical (unpaired) electrons. The number of benzene rings is 5. The van der Waals surface area contributed by atoms with E-state index in [1.54, 1.807) is 14.2 Å². The maximum atomic E-state index is 6.06. The van der Waals surface area contributed by atoms with Gasteiger partial charge in [-0.2, -0.15) is 0 Å². The van der Waals surface area contributed by atoms with Crippen molar-refractivity contribution in [3.8, 4) is 5.75 Å². The van der Waals surface area contributed by atoms with Gasteiger partial charge in [0.15, 0.2) is 0 Å². The van der Waals surface area contributed by atoms with Crippen LogP contribution < -0.4 is 34.3 Å².